The number of carbonyl (C=O) groups excluding carboxylic acids is 1. The van der Waals surface area contributed by atoms with Gasteiger partial charge in [0.15, 0.2) is 0 Å². The average Bonchev–Trinajstić information content (AvgIpc) is 2.74. The van der Waals surface area contributed by atoms with Crippen molar-refractivity contribution >= 4 is 17.7 Å². The molecule has 3 N–H and O–H groups in total. The van der Waals surface area contributed by atoms with E-state index >= 15 is 0 Å². The van der Waals surface area contributed by atoms with Gasteiger partial charge in [-0.1, -0.05) is 42.5 Å². The van der Waals surface area contributed by atoms with E-state index in [1.807, 2.05) is 24.3 Å². The molecular formula is C22H28N4O3. The summed E-state index contributed by atoms with van der Waals surface area (Å²) in [5.74, 6) is -0.928. The highest BCUT2D eigenvalue weighted by molar-refractivity contribution is 5.75. The molecule has 1 saturated heterocycles. The van der Waals surface area contributed by atoms with Gasteiger partial charge in [0.25, 0.3) is 0 Å². The number of urea groups is 1. The van der Waals surface area contributed by atoms with Crippen LogP contribution in [0, 0.1) is 0 Å². The van der Waals surface area contributed by atoms with E-state index in [2.05, 4.69) is 50.8 Å². The summed E-state index contributed by atoms with van der Waals surface area (Å²) >= 11 is 0. The molecule has 1 aliphatic heterocycles. The summed E-state index contributed by atoms with van der Waals surface area (Å²) in [6.45, 7) is 5.36. The van der Waals surface area contributed by atoms with E-state index in [-0.39, 0.29) is 19.0 Å². The summed E-state index contributed by atoms with van der Waals surface area (Å²) in [5.41, 5.74) is 3.54. The topological polar surface area (TPSA) is 84.9 Å². The van der Waals surface area contributed by atoms with Crippen molar-refractivity contribution in [1.29, 1.82) is 0 Å². The second-order valence-corrected chi connectivity index (χ2v) is 7.12. The first-order valence-electron chi connectivity index (χ1n) is 9.94. The van der Waals surface area contributed by atoms with Gasteiger partial charge < -0.3 is 20.6 Å². The molecule has 1 heterocycles. The largest absolute Gasteiger partial charge is 0.481 e. The Labute approximate surface area is 171 Å². The van der Waals surface area contributed by atoms with Gasteiger partial charge >= 0.3 is 12.0 Å². The Morgan fingerprint density at radius 2 is 1.52 bits per heavy atom. The van der Waals surface area contributed by atoms with Crippen LogP contribution < -0.4 is 15.5 Å². The molecule has 0 aliphatic carbocycles. The molecule has 2 aromatic carbocycles. The monoisotopic (exact) mass is 396 g/mol. The maximum atomic E-state index is 11.8. The molecule has 0 spiro atoms. The number of hydrogen-bond donors (Lipinski definition) is 3. The Hall–Kier alpha value is -3.06. The van der Waals surface area contributed by atoms with Gasteiger partial charge in [-0.05, 0) is 23.3 Å². The molecule has 0 bridgehead atoms. The van der Waals surface area contributed by atoms with Gasteiger partial charge in [-0.3, -0.25) is 9.69 Å². The minimum Gasteiger partial charge on any atom is -0.481 e. The second-order valence-electron chi connectivity index (χ2n) is 7.12. The Kier molecular flexibility index (Phi) is 7.47. The Morgan fingerprint density at radius 1 is 0.862 bits per heavy atom. The Bertz CT molecular complexity index is 805. The first kappa shape index (κ1) is 20.7. The van der Waals surface area contributed by atoms with Crippen molar-refractivity contribution in [1.82, 2.24) is 15.5 Å². The van der Waals surface area contributed by atoms with Gasteiger partial charge in [-0.25, -0.2) is 4.79 Å². The van der Waals surface area contributed by atoms with Crippen LogP contribution in [0.25, 0.3) is 0 Å². The quantitative estimate of drug-likeness (QED) is 0.638. The lowest BCUT2D eigenvalue weighted by molar-refractivity contribution is -0.136. The number of rotatable bonds is 8. The normalized spacial score (nSPS) is 14.4. The lowest BCUT2D eigenvalue weighted by Crippen LogP contribution is -2.46. The lowest BCUT2D eigenvalue weighted by Gasteiger charge is -2.36. The standard InChI is InChI=1S/C22H28N4O3/c27-21(28)10-11-23-22(29)24-16-18-6-4-5-7-19(18)17-25-12-14-26(15-13-25)20-8-2-1-3-9-20/h1-9H,10-17H2,(H,27,28)(H2,23,24,29). The van der Waals surface area contributed by atoms with Gasteiger partial charge in [-0.15, -0.1) is 0 Å². The number of carbonyl (C=O) groups is 2. The van der Waals surface area contributed by atoms with Gasteiger partial charge in [0.1, 0.15) is 0 Å². The molecule has 0 atom stereocenters. The fourth-order valence-corrected chi connectivity index (χ4v) is 3.45. The van der Waals surface area contributed by atoms with Gasteiger partial charge in [0.05, 0.1) is 6.42 Å². The minimum absolute atomic E-state index is 0.0844. The van der Waals surface area contributed by atoms with Crippen LogP contribution in [0.15, 0.2) is 54.6 Å². The highest BCUT2D eigenvalue weighted by Gasteiger charge is 2.18. The van der Waals surface area contributed by atoms with Crippen molar-refractivity contribution in [2.24, 2.45) is 0 Å². The number of benzene rings is 2. The zero-order chi connectivity index (χ0) is 20.5. The summed E-state index contributed by atoms with van der Waals surface area (Å²) in [6, 6.07) is 18.2. The fourth-order valence-electron chi connectivity index (χ4n) is 3.45. The molecule has 3 rings (SSSR count). The number of anilines is 1. The molecule has 0 aromatic heterocycles. The van der Waals surface area contributed by atoms with Crippen LogP contribution in [-0.2, 0) is 17.9 Å². The molecule has 0 saturated carbocycles. The third kappa shape index (κ3) is 6.50. The number of aliphatic carboxylic acids is 1. The number of nitrogens with one attached hydrogen (secondary N) is 2. The summed E-state index contributed by atoms with van der Waals surface area (Å²) in [5, 5.41) is 14.0. The molecule has 2 amide bonds. The fraction of sp³-hybridized carbons (Fsp3) is 0.364. The first-order chi connectivity index (χ1) is 14.1. The maximum Gasteiger partial charge on any atom is 0.315 e. The molecule has 1 aliphatic rings. The lowest BCUT2D eigenvalue weighted by atomic mass is 10.1. The maximum absolute atomic E-state index is 11.8. The third-order valence-corrected chi connectivity index (χ3v) is 5.07. The predicted molar refractivity (Wildman–Crippen MR) is 113 cm³/mol. The minimum atomic E-state index is -0.928. The van der Waals surface area contributed by atoms with E-state index in [0.29, 0.717) is 6.54 Å². The molecule has 7 heteroatoms. The van der Waals surface area contributed by atoms with Crippen molar-refractivity contribution < 1.29 is 14.7 Å². The van der Waals surface area contributed by atoms with E-state index in [1.54, 1.807) is 0 Å². The molecule has 29 heavy (non-hydrogen) atoms. The smallest absolute Gasteiger partial charge is 0.315 e. The van der Waals surface area contributed by atoms with Crippen LogP contribution in [0.4, 0.5) is 10.5 Å². The Balaban J connectivity index is 1.48. The zero-order valence-electron chi connectivity index (χ0n) is 16.5. The molecule has 0 unspecified atom stereocenters. The van der Waals surface area contributed by atoms with E-state index in [0.717, 1.165) is 38.3 Å². The van der Waals surface area contributed by atoms with Crippen LogP contribution in [0.5, 0.6) is 0 Å². The van der Waals surface area contributed by atoms with Crippen molar-refractivity contribution in [3.63, 3.8) is 0 Å². The number of nitrogens with zero attached hydrogens (tertiary/aromatic N) is 2. The molecular weight excluding hydrogens is 368 g/mol. The van der Waals surface area contributed by atoms with Crippen LogP contribution >= 0.6 is 0 Å². The van der Waals surface area contributed by atoms with Gasteiger partial charge in [0, 0.05) is 51.5 Å². The third-order valence-electron chi connectivity index (χ3n) is 5.07. The first-order valence-corrected chi connectivity index (χ1v) is 9.94. The number of carboxylic acid groups (broad SMARTS) is 1. The van der Waals surface area contributed by atoms with Crippen LogP contribution in [0.3, 0.4) is 0 Å². The molecule has 7 nitrogen and oxygen atoms in total. The summed E-state index contributed by atoms with van der Waals surface area (Å²) in [4.78, 5) is 27.2. The second kappa shape index (κ2) is 10.5. The van der Waals surface area contributed by atoms with E-state index in [9.17, 15) is 9.59 Å². The number of hydrogen-bond acceptors (Lipinski definition) is 4. The number of carboxylic acids is 1. The molecule has 0 radical (unpaired) electrons. The number of amides is 2. The van der Waals surface area contributed by atoms with Crippen molar-refractivity contribution in [2.75, 3.05) is 37.6 Å². The number of piperazine rings is 1. The summed E-state index contributed by atoms with van der Waals surface area (Å²) < 4.78 is 0. The Morgan fingerprint density at radius 3 is 2.21 bits per heavy atom. The van der Waals surface area contributed by atoms with Gasteiger partial charge in [0.2, 0.25) is 0 Å². The van der Waals surface area contributed by atoms with Crippen molar-refractivity contribution in [3.05, 3.63) is 65.7 Å². The van der Waals surface area contributed by atoms with Crippen LogP contribution in [-0.4, -0.2) is 54.7 Å². The summed E-state index contributed by atoms with van der Waals surface area (Å²) in [7, 11) is 0. The van der Waals surface area contributed by atoms with E-state index in [1.165, 1.54) is 11.3 Å². The van der Waals surface area contributed by atoms with E-state index in [4.69, 9.17) is 5.11 Å². The predicted octanol–water partition coefficient (Wildman–Crippen LogP) is 2.28. The number of para-hydroxylation sites is 1. The summed E-state index contributed by atoms with van der Waals surface area (Å²) in [6.07, 6.45) is -0.0844. The molecule has 1 fully saturated rings. The molecule has 154 valence electrons. The van der Waals surface area contributed by atoms with E-state index < -0.39 is 5.97 Å². The van der Waals surface area contributed by atoms with Crippen LogP contribution in [0.1, 0.15) is 17.5 Å². The molecule has 2 aromatic rings. The van der Waals surface area contributed by atoms with Crippen molar-refractivity contribution in [3.8, 4) is 0 Å². The highest BCUT2D eigenvalue weighted by atomic mass is 16.4. The van der Waals surface area contributed by atoms with Gasteiger partial charge in [-0.2, -0.15) is 0 Å². The SMILES string of the molecule is O=C(O)CCNC(=O)NCc1ccccc1CN1CCN(c2ccccc2)CC1. The zero-order valence-corrected chi connectivity index (χ0v) is 16.5. The van der Waals surface area contributed by atoms with Crippen LogP contribution in [0.2, 0.25) is 0 Å². The van der Waals surface area contributed by atoms with Crippen molar-refractivity contribution in [2.45, 2.75) is 19.5 Å². The highest BCUT2D eigenvalue weighted by Crippen LogP contribution is 2.18. The average molecular weight is 396 g/mol.